The van der Waals surface area contributed by atoms with Crippen LogP contribution in [0.1, 0.15) is 5.56 Å². The minimum Gasteiger partial charge on any atom is -0.492 e. The van der Waals surface area contributed by atoms with Crippen LogP contribution in [0.5, 0.6) is 5.75 Å². The maximum absolute atomic E-state index is 10.8. The van der Waals surface area contributed by atoms with Crippen molar-refractivity contribution in [2.75, 3.05) is 18.5 Å². The van der Waals surface area contributed by atoms with E-state index < -0.39 is 4.92 Å². The summed E-state index contributed by atoms with van der Waals surface area (Å²) in [6.07, 6.45) is 1.36. The summed E-state index contributed by atoms with van der Waals surface area (Å²) < 4.78 is 6.95. The Hall–Kier alpha value is -2.57. The van der Waals surface area contributed by atoms with Crippen molar-refractivity contribution in [2.45, 2.75) is 6.92 Å². The number of aromatic nitrogens is 2. The van der Waals surface area contributed by atoms with Gasteiger partial charge < -0.3 is 10.1 Å². The normalized spacial score (nSPS) is 10.3. The van der Waals surface area contributed by atoms with Crippen molar-refractivity contribution in [3.8, 4) is 5.75 Å². The Balaban J connectivity index is 1.86. The van der Waals surface area contributed by atoms with Crippen LogP contribution in [0.3, 0.4) is 0 Å². The zero-order chi connectivity index (χ0) is 14.5. The van der Waals surface area contributed by atoms with Gasteiger partial charge in [0.25, 0.3) is 0 Å². The largest absolute Gasteiger partial charge is 0.492 e. The molecule has 20 heavy (non-hydrogen) atoms. The number of hydrogen-bond acceptors (Lipinski definition) is 5. The first kappa shape index (κ1) is 13.9. The summed E-state index contributed by atoms with van der Waals surface area (Å²) in [5.41, 5.74) is 1.08. The van der Waals surface area contributed by atoms with E-state index in [1.165, 1.54) is 10.9 Å². The molecule has 0 unspecified atom stereocenters. The molecule has 0 amide bonds. The van der Waals surface area contributed by atoms with E-state index in [4.69, 9.17) is 4.74 Å². The van der Waals surface area contributed by atoms with Crippen molar-refractivity contribution in [3.63, 3.8) is 0 Å². The van der Waals surface area contributed by atoms with Crippen LogP contribution in [0, 0.1) is 17.0 Å². The Morgan fingerprint density at radius 3 is 3.00 bits per heavy atom. The van der Waals surface area contributed by atoms with Gasteiger partial charge in [-0.15, -0.1) is 5.10 Å². The molecule has 0 aliphatic heterocycles. The summed E-state index contributed by atoms with van der Waals surface area (Å²) in [4.78, 5) is 10.3. The predicted octanol–water partition coefficient (Wildman–Crippen LogP) is 2.13. The summed E-state index contributed by atoms with van der Waals surface area (Å²) >= 11 is 0. The van der Waals surface area contributed by atoms with Crippen LogP contribution in [0.4, 0.5) is 11.5 Å². The Morgan fingerprint density at radius 1 is 1.50 bits per heavy atom. The molecule has 2 aromatic rings. The molecule has 1 aromatic heterocycles. The molecule has 0 fully saturated rings. The van der Waals surface area contributed by atoms with Crippen LogP contribution in [0.15, 0.2) is 30.5 Å². The first-order valence-corrected chi connectivity index (χ1v) is 6.17. The molecule has 0 aliphatic carbocycles. The molecule has 0 saturated heterocycles. The molecular weight excluding hydrogens is 260 g/mol. The highest BCUT2D eigenvalue weighted by atomic mass is 16.6. The van der Waals surface area contributed by atoms with Crippen molar-refractivity contribution in [3.05, 3.63) is 46.1 Å². The maximum atomic E-state index is 10.8. The van der Waals surface area contributed by atoms with Gasteiger partial charge in [-0.25, -0.2) is 0 Å². The van der Waals surface area contributed by atoms with Crippen molar-refractivity contribution in [1.82, 2.24) is 9.78 Å². The maximum Gasteiger partial charge on any atom is 0.330 e. The van der Waals surface area contributed by atoms with E-state index in [0.717, 1.165) is 11.3 Å². The van der Waals surface area contributed by atoms with Crippen LogP contribution in [-0.4, -0.2) is 27.9 Å². The lowest BCUT2D eigenvalue weighted by Crippen LogP contribution is -2.12. The van der Waals surface area contributed by atoms with E-state index in [-0.39, 0.29) is 11.5 Å². The van der Waals surface area contributed by atoms with Gasteiger partial charge >= 0.3 is 5.69 Å². The number of anilines is 1. The van der Waals surface area contributed by atoms with Gasteiger partial charge in [0.15, 0.2) is 0 Å². The van der Waals surface area contributed by atoms with Crippen LogP contribution in [0.2, 0.25) is 0 Å². The van der Waals surface area contributed by atoms with Gasteiger partial charge in [-0.1, -0.05) is 12.1 Å². The van der Waals surface area contributed by atoms with Gasteiger partial charge in [-0.05, 0) is 24.6 Å². The number of hydrogen-bond donors (Lipinski definition) is 1. The highest BCUT2D eigenvalue weighted by molar-refractivity contribution is 5.54. The minimum atomic E-state index is -0.462. The standard InChI is InChI=1S/C13H16N4O3/c1-10-4-3-5-11(8-10)20-7-6-14-13-12(17(18)19)9-16(2)15-13/h3-5,8-9H,6-7H2,1-2H3,(H,14,15). The van der Waals surface area contributed by atoms with E-state index in [1.807, 2.05) is 31.2 Å². The number of nitrogens with zero attached hydrogens (tertiary/aromatic N) is 3. The van der Waals surface area contributed by atoms with Crippen LogP contribution in [0.25, 0.3) is 0 Å². The summed E-state index contributed by atoms with van der Waals surface area (Å²) in [6, 6.07) is 7.71. The summed E-state index contributed by atoms with van der Waals surface area (Å²) in [5, 5.41) is 17.7. The molecule has 2 rings (SSSR count). The highest BCUT2D eigenvalue weighted by Gasteiger charge is 2.17. The van der Waals surface area contributed by atoms with Gasteiger partial charge in [0.1, 0.15) is 18.6 Å². The number of ether oxygens (including phenoxy) is 1. The third kappa shape index (κ3) is 3.47. The lowest BCUT2D eigenvalue weighted by Gasteiger charge is -2.07. The lowest BCUT2D eigenvalue weighted by atomic mass is 10.2. The Bertz CT molecular complexity index is 609. The molecule has 7 heteroatoms. The number of nitro groups is 1. The molecule has 7 nitrogen and oxygen atoms in total. The summed E-state index contributed by atoms with van der Waals surface area (Å²) in [7, 11) is 1.64. The van der Waals surface area contributed by atoms with Gasteiger partial charge in [0.05, 0.1) is 11.5 Å². The van der Waals surface area contributed by atoms with E-state index in [9.17, 15) is 10.1 Å². The van der Waals surface area contributed by atoms with E-state index in [0.29, 0.717) is 13.2 Å². The van der Waals surface area contributed by atoms with Crippen molar-refractivity contribution in [1.29, 1.82) is 0 Å². The molecule has 1 N–H and O–H groups in total. The van der Waals surface area contributed by atoms with Crippen LogP contribution in [-0.2, 0) is 7.05 Å². The van der Waals surface area contributed by atoms with Crippen molar-refractivity contribution >= 4 is 11.5 Å². The molecule has 1 heterocycles. The fourth-order valence-electron chi connectivity index (χ4n) is 1.78. The van der Waals surface area contributed by atoms with Gasteiger partial charge in [-0.2, -0.15) is 0 Å². The van der Waals surface area contributed by atoms with E-state index in [2.05, 4.69) is 10.4 Å². The molecule has 1 aromatic carbocycles. The molecule has 106 valence electrons. The lowest BCUT2D eigenvalue weighted by molar-refractivity contribution is -0.384. The fourth-order valence-corrected chi connectivity index (χ4v) is 1.78. The first-order chi connectivity index (χ1) is 9.56. The van der Waals surface area contributed by atoms with Crippen LogP contribution >= 0.6 is 0 Å². The number of aryl methyl sites for hydroxylation is 2. The second kappa shape index (κ2) is 6.05. The summed E-state index contributed by atoms with van der Waals surface area (Å²) in [6.45, 7) is 2.82. The minimum absolute atomic E-state index is 0.0388. The SMILES string of the molecule is Cc1cccc(OCCNc2nn(C)cc2[N+](=O)[O-])c1. The monoisotopic (exact) mass is 276 g/mol. The smallest absolute Gasteiger partial charge is 0.330 e. The Morgan fingerprint density at radius 2 is 2.30 bits per heavy atom. The number of benzene rings is 1. The van der Waals surface area contributed by atoms with Gasteiger partial charge in [-0.3, -0.25) is 14.8 Å². The predicted molar refractivity (Wildman–Crippen MR) is 75.0 cm³/mol. The van der Waals surface area contributed by atoms with Gasteiger partial charge in [0, 0.05) is 7.05 Å². The average Bonchev–Trinajstić information content (AvgIpc) is 2.76. The molecular formula is C13H16N4O3. The molecule has 0 bridgehead atoms. The topological polar surface area (TPSA) is 82.2 Å². The van der Waals surface area contributed by atoms with Crippen molar-refractivity contribution in [2.24, 2.45) is 7.05 Å². The average molecular weight is 276 g/mol. The highest BCUT2D eigenvalue weighted by Crippen LogP contribution is 2.21. The second-order valence-corrected chi connectivity index (χ2v) is 4.39. The quantitative estimate of drug-likeness (QED) is 0.496. The van der Waals surface area contributed by atoms with E-state index >= 15 is 0 Å². The molecule has 0 saturated carbocycles. The third-order valence-electron chi connectivity index (χ3n) is 2.66. The molecule has 0 spiro atoms. The van der Waals surface area contributed by atoms with Gasteiger partial charge in [0.2, 0.25) is 5.82 Å². The summed E-state index contributed by atoms with van der Waals surface area (Å²) in [5.74, 6) is 1.03. The third-order valence-corrected chi connectivity index (χ3v) is 2.66. The second-order valence-electron chi connectivity index (χ2n) is 4.39. The zero-order valence-electron chi connectivity index (χ0n) is 11.4. The first-order valence-electron chi connectivity index (χ1n) is 6.17. The van der Waals surface area contributed by atoms with Crippen molar-refractivity contribution < 1.29 is 9.66 Å². The fraction of sp³-hybridized carbons (Fsp3) is 0.308. The Labute approximate surface area is 116 Å². The molecule has 0 radical (unpaired) electrons. The van der Waals surface area contributed by atoms with E-state index in [1.54, 1.807) is 7.05 Å². The molecule has 0 aliphatic rings. The van der Waals surface area contributed by atoms with Crippen LogP contribution < -0.4 is 10.1 Å². The zero-order valence-corrected chi connectivity index (χ0v) is 11.4. The number of nitrogens with one attached hydrogen (secondary N) is 1. The number of rotatable bonds is 6. The Kier molecular flexibility index (Phi) is 4.19. The molecule has 0 atom stereocenters.